The maximum absolute atomic E-state index is 11.7. The molecule has 6 rings (SSSR count). The molecule has 3 aliphatic rings. The maximum atomic E-state index is 11.7. The number of hydrogen-bond acceptors (Lipinski definition) is 7. The minimum atomic E-state index is -1.09. The molecule has 1 unspecified atom stereocenters. The third kappa shape index (κ3) is 6.30. The van der Waals surface area contributed by atoms with Gasteiger partial charge in [0.15, 0.2) is 5.82 Å². The van der Waals surface area contributed by atoms with E-state index in [1.165, 1.54) is 51.5 Å². The first kappa shape index (κ1) is 30.1. The number of hydrogen-bond donors (Lipinski definition) is 1. The molecule has 44 heavy (non-hydrogen) atoms. The number of nitrogens with zero attached hydrogens (tertiary/aromatic N) is 4. The highest BCUT2D eigenvalue weighted by Gasteiger charge is 2.25. The van der Waals surface area contributed by atoms with Gasteiger partial charge in [-0.1, -0.05) is 24.3 Å². The number of ether oxygens (including phenoxy) is 3. The molecule has 232 valence electrons. The highest BCUT2D eigenvalue weighted by atomic mass is 16.5. The van der Waals surface area contributed by atoms with Gasteiger partial charge in [-0.3, -0.25) is 4.90 Å². The summed E-state index contributed by atoms with van der Waals surface area (Å²) in [4.78, 5) is 19.2. The summed E-state index contributed by atoms with van der Waals surface area (Å²) >= 11 is 0. The molecule has 9 nitrogen and oxygen atoms in total. The molecule has 2 aliphatic heterocycles. The number of benzene rings is 1. The van der Waals surface area contributed by atoms with E-state index in [4.69, 9.17) is 19.2 Å². The van der Waals surface area contributed by atoms with Crippen molar-refractivity contribution in [3.05, 3.63) is 87.4 Å². The number of carboxylic acid groups (broad SMARTS) is 1. The number of fused-ring (bicyclic) bond motifs is 1. The summed E-state index contributed by atoms with van der Waals surface area (Å²) in [7, 11) is 0. The van der Waals surface area contributed by atoms with Crippen LogP contribution in [-0.4, -0.2) is 63.7 Å². The van der Waals surface area contributed by atoms with Crippen LogP contribution >= 0.6 is 0 Å². The van der Waals surface area contributed by atoms with E-state index in [0.29, 0.717) is 24.9 Å². The second kappa shape index (κ2) is 13.4. The van der Waals surface area contributed by atoms with Crippen molar-refractivity contribution in [2.75, 3.05) is 32.9 Å². The molecule has 1 atom stereocenters. The predicted octanol–water partition coefficient (Wildman–Crippen LogP) is 6.13. The first-order chi connectivity index (χ1) is 21.4. The van der Waals surface area contributed by atoms with Gasteiger partial charge in [0.05, 0.1) is 25.1 Å². The number of rotatable bonds is 10. The fourth-order valence-electron chi connectivity index (χ4n) is 6.63. The van der Waals surface area contributed by atoms with Gasteiger partial charge in [0.25, 0.3) is 0 Å². The van der Waals surface area contributed by atoms with E-state index in [9.17, 15) is 9.90 Å². The Kier molecular flexibility index (Phi) is 9.14. The average molecular weight is 599 g/mol. The Balaban J connectivity index is 1.18. The molecule has 1 N–H and O–H groups in total. The van der Waals surface area contributed by atoms with E-state index in [-0.39, 0.29) is 11.4 Å². The second-order valence-corrected chi connectivity index (χ2v) is 12.0. The van der Waals surface area contributed by atoms with E-state index < -0.39 is 5.97 Å². The summed E-state index contributed by atoms with van der Waals surface area (Å²) in [6.45, 7) is 12.0. The zero-order chi connectivity index (χ0) is 30.6. The minimum absolute atomic E-state index is 0.00245. The highest BCUT2D eigenvalue weighted by molar-refractivity contribution is 5.90. The Morgan fingerprint density at radius 2 is 2.05 bits per heavy atom. The first-order valence-corrected chi connectivity index (χ1v) is 15.8. The lowest BCUT2D eigenvalue weighted by molar-refractivity contribution is 0.0364. The Hall–Kier alpha value is -3.95. The van der Waals surface area contributed by atoms with E-state index >= 15 is 0 Å². The predicted molar refractivity (Wildman–Crippen MR) is 168 cm³/mol. The van der Waals surface area contributed by atoms with Crippen LogP contribution in [0, 0.1) is 12.8 Å². The van der Waals surface area contributed by atoms with Crippen LogP contribution in [-0.2, 0) is 29.0 Å². The lowest BCUT2D eigenvalue weighted by Crippen LogP contribution is -2.37. The van der Waals surface area contributed by atoms with Crippen molar-refractivity contribution in [1.29, 1.82) is 0 Å². The molecular formula is C35H42N4O5. The summed E-state index contributed by atoms with van der Waals surface area (Å²) in [6.07, 6.45) is 8.81. The summed E-state index contributed by atoms with van der Waals surface area (Å²) in [6, 6.07) is 10.2. The Bertz CT molecular complexity index is 1580. The van der Waals surface area contributed by atoms with E-state index in [1.807, 2.05) is 19.1 Å². The average Bonchev–Trinajstić information content (AvgIpc) is 3.46. The topological polar surface area (TPSA) is 98.9 Å². The van der Waals surface area contributed by atoms with Crippen LogP contribution in [0.5, 0.6) is 5.88 Å². The summed E-state index contributed by atoms with van der Waals surface area (Å²) in [5.41, 5.74) is 8.32. The van der Waals surface area contributed by atoms with Gasteiger partial charge in [0, 0.05) is 31.8 Å². The summed E-state index contributed by atoms with van der Waals surface area (Å²) in [5, 5.41) is 13.9. The molecule has 0 saturated carbocycles. The molecule has 0 radical (unpaired) electrons. The summed E-state index contributed by atoms with van der Waals surface area (Å²) in [5.74, 6) is 1.06. The molecule has 1 fully saturated rings. The number of allylic oxidation sites excluding steroid dienone is 3. The van der Waals surface area contributed by atoms with Crippen molar-refractivity contribution >= 4 is 11.5 Å². The highest BCUT2D eigenvalue weighted by Crippen LogP contribution is 2.35. The van der Waals surface area contributed by atoms with E-state index in [2.05, 4.69) is 42.1 Å². The minimum Gasteiger partial charge on any atom is -0.488 e. The third-order valence-electron chi connectivity index (χ3n) is 8.99. The molecule has 2 aromatic heterocycles. The molecule has 3 aromatic rings. The first-order valence-electron chi connectivity index (χ1n) is 15.8. The van der Waals surface area contributed by atoms with Crippen molar-refractivity contribution < 1.29 is 24.1 Å². The van der Waals surface area contributed by atoms with Crippen LogP contribution in [0.2, 0.25) is 0 Å². The third-order valence-corrected chi connectivity index (χ3v) is 8.99. The van der Waals surface area contributed by atoms with Crippen LogP contribution in [0.25, 0.3) is 11.4 Å². The van der Waals surface area contributed by atoms with Crippen LogP contribution < -0.4 is 4.74 Å². The second-order valence-electron chi connectivity index (χ2n) is 12.0. The molecule has 9 heteroatoms. The van der Waals surface area contributed by atoms with Crippen molar-refractivity contribution in [3.8, 4) is 11.7 Å². The monoisotopic (exact) mass is 598 g/mol. The molecule has 0 bridgehead atoms. The van der Waals surface area contributed by atoms with Gasteiger partial charge >= 0.3 is 5.97 Å². The molecular weight excluding hydrogens is 556 g/mol. The molecule has 1 aliphatic carbocycles. The molecule has 4 heterocycles. The lowest BCUT2D eigenvalue weighted by Gasteiger charge is -2.34. The van der Waals surface area contributed by atoms with Gasteiger partial charge < -0.3 is 19.3 Å². The molecule has 1 saturated heterocycles. The zero-order valence-corrected chi connectivity index (χ0v) is 26.0. The number of carbonyl (C=O) groups is 1. The quantitative estimate of drug-likeness (QED) is 0.298. The van der Waals surface area contributed by atoms with Crippen LogP contribution in [0.15, 0.2) is 53.9 Å². The Morgan fingerprint density at radius 3 is 2.84 bits per heavy atom. The summed E-state index contributed by atoms with van der Waals surface area (Å²) < 4.78 is 19.4. The van der Waals surface area contributed by atoms with Gasteiger partial charge in [0.2, 0.25) is 5.88 Å². The molecule has 1 aromatic carbocycles. The van der Waals surface area contributed by atoms with Crippen molar-refractivity contribution in [1.82, 2.24) is 19.7 Å². The smallest absolute Gasteiger partial charge is 0.342 e. The normalized spacial score (nSPS) is 19.0. The van der Waals surface area contributed by atoms with Gasteiger partial charge in [-0.2, -0.15) is 9.78 Å². The zero-order valence-electron chi connectivity index (χ0n) is 26.0. The number of aromatic carboxylic acids is 1. The molecule has 0 spiro atoms. The number of aromatic nitrogens is 3. The van der Waals surface area contributed by atoms with Crippen LogP contribution in [0.1, 0.15) is 77.8 Å². The standard InChI is InChI=1S/C35H42N4O5/c1-4-43-34-30(35(40)41)18-36-39(34)32-12-6-11-31(37-32)29-10-5-8-23(2)33(29)44-22-27-14-13-26-20-38(16-15-28(26)24(27)3)19-25-9-7-17-42-21-25/h6,10-14,18,25H,4-5,7-9,15-17,19-22H2,1-3H3,(H,40,41). The van der Waals surface area contributed by atoms with Gasteiger partial charge in [-0.25, -0.2) is 9.78 Å². The fraction of sp³-hybridized carbons (Fsp3) is 0.457. The van der Waals surface area contributed by atoms with Crippen molar-refractivity contribution in [2.45, 2.75) is 66.0 Å². The van der Waals surface area contributed by atoms with Gasteiger partial charge in [0.1, 0.15) is 17.9 Å². The Morgan fingerprint density at radius 1 is 1.16 bits per heavy atom. The van der Waals surface area contributed by atoms with Crippen molar-refractivity contribution in [2.24, 2.45) is 5.92 Å². The maximum Gasteiger partial charge on any atom is 0.342 e. The largest absolute Gasteiger partial charge is 0.488 e. The van der Waals surface area contributed by atoms with Gasteiger partial charge in [-0.05, 0) is 98.8 Å². The number of pyridine rings is 1. The molecule has 0 amide bonds. The number of carboxylic acids is 1. The van der Waals surface area contributed by atoms with Gasteiger partial charge in [-0.15, -0.1) is 0 Å². The lowest BCUT2D eigenvalue weighted by atomic mass is 9.91. The fourth-order valence-corrected chi connectivity index (χ4v) is 6.63. The SMILES string of the molecule is CCOc1c(C(=O)O)cnn1-c1cccc(C2=CCCC(C)=C2OCc2ccc3c(c2C)CCN(CC2CCCOC2)C3)n1. The van der Waals surface area contributed by atoms with Crippen LogP contribution in [0.3, 0.4) is 0 Å². The Labute approximate surface area is 259 Å². The van der Waals surface area contributed by atoms with Crippen molar-refractivity contribution in [3.63, 3.8) is 0 Å². The van der Waals surface area contributed by atoms with Crippen LogP contribution in [0.4, 0.5) is 0 Å². The van der Waals surface area contributed by atoms with E-state index in [0.717, 1.165) is 69.1 Å². The van der Waals surface area contributed by atoms with E-state index in [1.54, 1.807) is 6.07 Å².